The minimum absolute atomic E-state index is 0.139. The standard InChI is InChI=1S/C24H38BN3O4/c1-22(2,3)30-21(29)27-17-13-18-9-8-10-19(14-17)28(18)20-12-11-16(15-26-20)25-31-23(4,5)24(6,7)32-25/h11-12,15,17-19H,8-10,13-14H2,1-7H3,(H,27,29)/t17-,18+,19-. The van der Waals surface area contributed by atoms with Crippen LogP contribution < -0.4 is 15.7 Å². The molecule has 4 rings (SSSR count). The van der Waals surface area contributed by atoms with E-state index in [0.29, 0.717) is 12.1 Å². The maximum atomic E-state index is 12.3. The average Bonchev–Trinajstić information content (AvgIpc) is 2.87. The van der Waals surface area contributed by atoms with Crippen molar-refractivity contribution >= 4 is 24.5 Å². The molecule has 3 aliphatic rings. The first-order valence-electron chi connectivity index (χ1n) is 11.9. The number of carbonyl (C=O) groups is 1. The normalized spacial score (nSPS) is 29.0. The second-order valence-electron chi connectivity index (χ2n) is 11.5. The maximum Gasteiger partial charge on any atom is 0.496 e. The SMILES string of the molecule is CC(C)(C)OC(=O)N[C@H]1C[C@H]2CCC[C@@H](C1)N2c1ccc(B2OC(C)(C)C(C)(C)O2)cn1. The molecule has 176 valence electrons. The van der Waals surface area contributed by atoms with Crippen LogP contribution in [-0.2, 0) is 14.0 Å². The van der Waals surface area contributed by atoms with Gasteiger partial charge in [0.15, 0.2) is 0 Å². The summed E-state index contributed by atoms with van der Waals surface area (Å²) in [5.74, 6) is 0.996. The molecule has 4 heterocycles. The number of amides is 1. The Labute approximate surface area is 192 Å². The molecular weight excluding hydrogens is 405 g/mol. The fourth-order valence-corrected chi connectivity index (χ4v) is 5.02. The molecule has 1 aromatic rings. The van der Waals surface area contributed by atoms with Gasteiger partial charge >= 0.3 is 13.2 Å². The number of hydrogen-bond donors (Lipinski definition) is 1. The van der Waals surface area contributed by atoms with Crippen LogP contribution in [0.25, 0.3) is 0 Å². The largest absolute Gasteiger partial charge is 0.496 e. The Morgan fingerprint density at radius 2 is 1.72 bits per heavy atom. The molecule has 32 heavy (non-hydrogen) atoms. The zero-order valence-electron chi connectivity index (χ0n) is 20.6. The maximum absolute atomic E-state index is 12.3. The topological polar surface area (TPSA) is 72.9 Å². The molecule has 0 spiro atoms. The fraction of sp³-hybridized carbons (Fsp3) is 0.750. The van der Waals surface area contributed by atoms with Crippen LogP contribution in [0.2, 0.25) is 0 Å². The van der Waals surface area contributed by atoms with Crippen LogP contribution in [-0.4, -0.2) is 53.1 Å². The van der Waals surface area contributed by atoms with Crippen molar-refractivity contribution in [3.05, 3.63) is 18.3 Å². The highest BCUT2D eigenvalue weighted by molar-refractivity contribution is 6.62. The summed E-state index contributed by atoms with van der Waals surface area (Å²) in [5, 5.41) is 3.10. The van der Waals surface area contributed by atoms with Gasteiger partial charge in [0.25, 0.3) is 0 Å². The van der Waals surface area contributed by atoms with Crippen LogP contribution >= 0.6 is 0 Å². The number of nitrogens with one attached hydrogen (secondary N) is 1. The number of alkyl carbamates (subject to hydrolysis) is 1. The van der Waals surface area contributed by atoms with Crippen molar-refractivity contribution in [1.29, 1.82) is 0 Å². The van der Waals surface area contributed by atoms with Gasteiger partial charge in [0.1, 0.15) is 11.4 Å². The molecule has 3 aliphatic heterocycles. The summed E-state index contributed by atoms with van der Waals surface area (Å²) in [6, 6.07) is 5.05. The van der Waals surface area contributed by atoms with Gasteiger partial charge in [-0.15, -0.1) is 0 Å². The van der Waals surface area contributed by atoms with Crippen LogP contribution in [0.3, 0.4) is 0 Å². The Balaban J connectivity index is 1.43. The van der Waals surface area contributed by atoms with E-state index in [1.54, 1.807) is 0 Å². The van der Waals surface area contributed by atoms with Crippen LogP contribution in [0, 0.1) is 0 Å². The number of ether oxygens (including phenoxy) is 1. The van der Waals surface area contributed by atoms with Crippen LogP contribution in [0.4, 0.5) is 10.6 Å². The van der Waals surface area contributed by atoms with E-state index in [9.17, 15) is 4.79 Å². The lowest BCUT2D eigenvalue weighted by molar-refractivity contribution is 0.00578. The summed E-state index contributed by atoms with van der Waals surface area (Å²) >= 11 is 0. The first-order valence-corrected chi connectivity index (χ1v) is 11.9. The molecule has 0 unspecified atom stereocenters. The van der Waals surface area contributed by atoms with E-state index in [-0.39, 0.29) is 23.3 Å². The van der Waals surface area contributed by atoms with Gasteiger partial charge in [-0.05, 0) is 86.6 Å². The predicted octanol–water partition coefficient (Wildman–Crippen LogP) is 3.80. The molecule has 3 saturated heterocycles. The lowest BCUT2D eigenvalue weighted by Gasteiger charge is -2.49. The smallest absolute Gasteiger partial charge is 0.444 e. The van der Waals surface area contributed by atoms with Crippen molar-refractivity contribution in [2.75, 3.05) is 4.90 Å². The molecule has 3 atom stereocenters. The molecule has 1 amide bonds. The summed E-state index contributed by atoms with van der Waals surface area (Å²) in [7, 11) is -0.398. The van der Waals surface area contributed by atoms with Crippen molar-refractivity contribution in [2.24, 2.45) is 0 Å². The lowest BCUT2D eigenvalue weighted by Crippen LogP contribution is -2.57. The first-order chi connectivity index (χ1) is 14.8. The number of fused-ring (bicyclic) bond motifs is 2. The minimum atomic E-state index is -0.483. The van der Waals surface area contributed by atoms with E-state index in [2.05, 4.69) is 50.0 Å². The number of aromatic nitrogens is 1. The molecule has 8 heteroatoms. The Bertz CT molecular complexity index is 807. The van der Waals surface area contributed by atoms with Gasteiger partial charge in [0.2, 0.25) is 0 Å². The number of pyridine rings is 1. The molecule has 0 aliphatic carbocycles. The Hall–Kier alpha value is -1.80. The Kier molecular flexibility index (Phi) is 5.99. The number of piperidine rings is 2. The Morgan fingerprint density at radius 1 is 1.12 bits per heavy atom. The molecular formula is C24H38BN3O4. The quantitative estimate of drug-likeness (QED) is 0.717. The Morgan fingerprint density at radius 3 is 2.22 bits per heavy atom. The highest BCUT2D eigenvalue weighted by Crippen LogP contribution is 2.38. The van der Waals surface area contributed by atoms with Gasteiger partial charge in [0, 0.05) is 29.8 Å². The van der Waals surface area contributed by atoms with Gasteiger partial charge in [0.05, 0.1) is 11.2 Å². The van der Waals surface area contributed by atoms with Crippen LogP contribution in [0.15, 0.2) is 18.3 Å². The summed E-state index contributed by atoms with van der Waals surface area (Å²) in [5.41, 5.74) is -0.268. The van der Waals surface area contributed by atoms with Crippen molar-refractivity contribution in [3.63, 3.8) is 0 Å². The molecule has 2 bridgehead atoms. The fourth-order valence-electron chi connectivity index (χ4n) is 5.02. The zero-order valence-corrected chi connectivity index (χ0v) is 20.6. The third-order valence-electron chi connectivity index (χ3n) is 7.26. The number of hydrogen-bond acceptors (Lipinski definition) is 6. The van der Waals surface area contributed by atoms with E-state index >= 15 is 0 Å². The number of nitrogens with zero attached hydrogens (tertiary/aromatic N) is 2. The molecule has 0 saturated carbocycles. The summed E-state index contributed by atoms with van der Waals surface area (Å²) in [6.07, 6.45) is 6.84. The van der Waals surface area contributed by atoms with Gasteiger partial charge in [-0.25, -0.2) is 9.78 Å². The summed E-state index contributed by atoms with van der Waals surface area (Å²) in [6.45, 7) is 13.9. The minimum Gasteiger partial charge on any atom is -0.444 e. The third-order valence-corrected chi connectivity index (χ3v) is 7.26. The molecule has 0 aromatic carbocycles. The van der Waals surface area contributed by atoms with Gasteiger partial charge < -0.3 is 24.3 Å². The summed E-state index contributed by atoms with van der Waals surface area (Å²) < 4.78 is 17.8. The van der Waals surface area contributed by atoms with E-state index in [1.807, 2.05) is 27.0 Å². The van der Waals surface area contributed by atoms with Crippen molar-refractivity contribution in [2.45, 2.75) is 115 Å². The number of anilines is 1. The van der Waals surface area contributed by atoms with E-state index in [0.717, 1.165) is 37.0 Å². The monoisotopic (exact) mass is 443 g/mol. The second kappa shape index (κ2) is 8.21. The van der Waals surface area contributed by atoms with Gasteiger partial charge in [-0.3, -0.25) is 0 Å². The van der Waals surface area contributed by atoms with Crippen LogP contribution in [0.1, 0.15) is 80.6 Å². The van der Waals surface area contributed by atoms with Crippen LogP contribution in [0.5, 0.6) is 0 Å². The third kappa shape index (κ3) is 4.76. The number of rotatable bonds is 3. The molecule has 1 aromatic heterocycles. The van der Waals surface area contributed by atoms with Crippen molar-refractivity contribution < 1.29 is 18.8 Å². The molecule has 7 nitrogen and oxygen atoms in total. The molecule has 0 radical (unpaired) electrons. The second-order valence-corrected chi connectivity index (χ2v) is 11.5. The zero-order chi connectivity index (χ0) is 23.3. The highest BCUT2D eigenvalue weighted by Gasteiger charge is 2.52. The van der Waals surface area contributed by atoms with E-state index < -0.39 is 12.7 Å². The van der Waals surface area contributed by atoms with Crippen molar-refractivity contribution in [1.82, 2.24) is 10.3 Å². The number of carbonyl (C=O) groups excluding carboxylic acids is 1. The molecule has 3 fully saturated rings. The predicted molar refractivity (Wildman–Crippen MR) is 126 cm³/mol. The van der Waals surface area contributed by atoms with Gasteiger partial charge in [-0.2, -0.15) is 0 Å². The molecule has 1 N–H and O–H groups in total. The van der Waals surface area contributed by atoms with Crippen molar-refractivity contribution in [3.8, 4) is 0 Å². The lowest BCUT2D eigenvalue weighted by atomic mass is 9.80. The highest BCUT2D eigenvalue weighted by atomic mass is 16.7. The van der Waals surface area contributed by atoms with E-state index in [4.69, 9.17) is 19.0 Å². The summed E-state index contributed by atoms with van der Waals surface area (Å²) in [4.78, 5) is 19.5. The van der Waals surface area contributed by atoms with E-state index in [1.165, 1.54) is 6.42 Å². The van der Waals surface area contributed by atoms with Gasteiger partial charge in [-0.1, -0.05) is 6.07 Å². The first kappa shape index (κ1) is 23.4. The average molecular weight is 443 g/mol.